The minimum atomic E-state index is -0.614. The minimum Gasteiger partial charge on any atom is -0.444 e. The summed E-state index contributed by atoms with van der Waals surface area (Å²) in [5.41, 5.74) is -0.113. The van der Waals surface area contributed by atoms with E-state index in [2.05, 4.69) is 24.3 Å². The number of hydrogen-bond donors (Lipinski definition) is 0. The van der Waals surface area contributed by atoms with Gasteiger partial charge in [-0.3, -0.25) is 4.90 Å². The molecule has 1 saturated heterocycles. The van der Waals surface area contributed by atoms with E-state index in [9.17, 15) is 9.59 Å². The van der Waals surface area contributed by atoms with Gasteiger partial charge in [-0.2, -0.15) is 0 Å². The highest BCUT2D eigenvalue weighted by atomic mass is 16.6. The van der Waals surface area contributed by atoms with Gasteiger partial charge in [-0.15, -0.1) is 0 Å². The van der Waals surface area contributed by atoms with E-state index < -0.39 is 11.2 Å². The van der Waals surface area contributed by atoms with E-state index in [1.165, 1.54) is 0 Å². The van der Waals surface area contributed by atoms with Gasteiger partial charge < -0.3 is 14.4 Å². The Morgan fingerprint density at radius 3 is 2.25 bits per heavy atom. The summed E-state index contributed by atoms with van der Waals surface area (Å²) in [6.45, 7) is 14.2. The van der Waals surface area contributed by atoms with Crippen LogP contribution < -0.4 is 0 Å². The number of carbonyl (C=O) groups is 2. The molecule has 1 unspecified atom stereocenters. The Morgan fingerprint density at radius 2 is 1.59 bits per heavy atom. The molecule has 6 nitrogen and oxygen atoms in total. The number of rotatable bonds is 3. The molecule has 0 aliphatic carbocycles. The third-order valence-corrected chi connectivity index (χ3v) is 5.50. The summed E-state index contributed by atoms with van der Waals surface area (Å²) in [6, 6.07) is 13.9. The van der Waals surface area contributed by atoms with E-state index in [4.69, 9.17) is 9.47 Å². The number of benzene rings is 2. The first-order valence-corrected chi connectivity index (χ1v) is 11.3. The molecule has 174 valence electrons. The average molecular weight is 441 g/mol. The van der Waals surface area contributed by atoms with Gasteiger partial charge in [0.2, 0.25) is 0 Å². The molecule has 0 radical (unpaired) electrons. The molecule has 1 aliphatic heterocycles. The molecular weight excluding hydrogens is 404 g/mol. The van der Waals surface area contributed by atoms with Crippen LogP contribution in [-0.2, 0) is 9.47 Å². The minimum absolute atomic E-state index is 0.161. The first kappa shape index (κ1) is 23.9. The van der Waals surface area contributed by atoms with Gasteiger partial charge in [0.05, 0.1) is 12.1 Å². The number of fused-ring (bicyclic) bond motifs is 1. The molecule has 2 aromatic carbocycles. The lowest BCUT2D eigenvalue weighted by Gasteiger charge is -2.36. The predicted molar refractivity (Wildman–Crippen MR) is 127 cm³/mol. The van der Waals surface area contributed by atoms with Gasteiger partial charge in [0, 0.05) is 13.1 Å². The van der Waals surface area contributed by atoms with Crippen LogP contribution in [0.3, 0.4) is 0 Å². The van der Waals surface area contributed by atoms with E-state index in [0.717, 1.165) is 16.3 Å². The van der Waals surface area contributed by atoms with Crippen LogP contribution in [0.15, 0.2) is 42.5 Å². The maximum atomic E-state index is 13.4. The predicted octanol–water partition coefficient (Wildman–Crippen LogP) is 6.15. The molecule has 6 heteroatoms. The third kappa shape index (κ3) is 5.72. The largest absolute Gasteiger partial charge is 0.444 e. The number of likely N-dealkylation sites (tertiary alicyclic amines) is 1. The fourth-order valence-corrected chi connectivity index (χ4v) is 4.16. The number of amides is 2. The van der Waals surface area contributed by atoms with Crippen molar-refractivity contribution < 1.29 is 19.1 Å². The third-order valence-electron chi connectivity index (χ3n) is 5.50. The summed E-state index contributed by atoms with van der Waals surface area (Å²) >= 11 is 0. The monoisotopic (exact) mass is 440 g/mol. The quantitative estimate of drug-likeness (QED) is 0.574. The fraction of sp³-hybridized carbons (Fsp3) is 0.538. The number of ether oxygens (including phenoxy) is 2. The standard InChI is InChI=1S/C26H36N2O4/c1-18(21-14-10-12-19-11-8-9-13-22(19)21)28(24(30)32-26(5,6)7)20-15-16-27(17-20)23(29)31-25(2,3)4/h8-14,18,20H,15-17H2,1-7H3/t18-,20?/m1/s1. The summed E-state index contributed by atoms with van der Waals surface area (Å²) in [5.74, 6) is 0. The molecule has 0 N–H and O–H groups in total. The van der Waals surface area contributed by atoms with Crippen molar-refractivity contribution in [2.45, 2.75) is 78.2 Å². The first-order valence-electron chi connectivity index (χ1n) is 11.3. The molecule has 0 aromatic heterocycles. The average Bonchev–Trinajstić information content (AvgIpc) is 3.14. The number of carbonyl (C=O) groups excluding carboxylic acids is 2. The van der Waals surface area contributed by atoms with E-state index >= 15 is 0 Å². The molecule has 1 aliphatic rings. The number of nitrogens with zero attached hydrogens (tertiary/aromatic N) is 2. The highest BCUT2D eigenvalue weighted by Crippen LogP contribution is 2.33. The molecule has 0 bridgehead atoms. The van der Waals surface area contributed by atoms with Crippen molar-refractivity contribution in [1.82, 2.24) is 9.80 Å². The van der Waals surface area contributed by atoms with Crippen molar-refractivity contribution in [1.29, 1.82) is 0 Å². The number of hydrogen-bond acceptors (Lipinski definition) is 4. The highest BCUT2D eigenvalue weighted by Gasteiger charge is 2.39. The lowest BCUT2D eigenvalue weighted by atomic mass is 9.97. The summed E-state index contributed by atoms with van der Waals surface area (Å²) < 4.78 is 11.3. The van der Waals surface area contributed by atoms with Crippen molar-refractivity contribution in [3.05, 3.63) is 48.0 Å². The van der Waals surface area contributed by atoms with Gasteiger partial charge in [-0.25, -0.2) is 9.59 Å². The van der Waals surface area contributed by atoms with Crippen LogP contribution in [0.25, 0.3) is 10.8 Å². The molecule has 3 rings (SSSR count). The topological polar surface area (TPSA) is 59.1 Å². The zero-order valence-electron chi connectivity index (χ0n) is 20.3. The van der Waals surface area contributed by atoms with Crippen LogP contribution >= 0.6 is 0 Å². The Morgan fingerprint density at radius 1 is 0.969 bits per heavy atom. The van der Waals surface area contributed by atoms with Gasteiger partial charge in [-0.05, 0) is 71.2 Å². The Bertz CT molecular complexity index is 968. The summed E-state index contributed by atoms with van der Waals surface area (Å²) in [5, 5.41) is 2.24. The smallest absolute Gasteiger partial charge is 0.411 e. The molecule has 1 heterocycles. The lowest BCUT2D eigenvalue weighted by molar-refractivity contribution is 0.00477. The van der Waals surface area contributed by atoms with Gasteiger partial charge in [0.25, 0.3) is 0 Å². The van der Waals surface area contributed by atoms with Crippen LogP contribution in [0.4, 0.5) is 9.59 Å². The second-order valence-corrected chi connectivity index (χ2v) is 10.5. The second-order valence-electron chi connectivity index (χ2n) is 10.5. The van der Waals surface area contributed by atoms with Gasteiger partial charge in [-0.1, -0.05) is 42.5 Å². The van der Waals surface area contributed by atoms with Crippen LogP contribution in [0.2, 0.25) is 0 Å². The van der Waals surface area contributed by atoms with Crippen LogP contribution in [0, 0.1) is 0 Å². The molecule has 2 atom stereocenters. The maximum Gasteiger partial charge on any atom is 0.411 e. The van der Waals surface area contributed by atoms with Gasteiger partial charge in [0.1, 0.15) is 11.2 Å². The molecule has 32 heavy (non-hydrogen) atoms. The zero-order valence-corrected chi connectivity index (χ0v) is 20.3. The van der Waals surface area contributed by atoms with Gasteiger partial charge in [0.15, 0.2) is 0 Å². The normalized spacial score (nSPS) is 17.8. The Hall–Kier alpha value is -2.76. The van der Waals surface area contributed by atoms with Crippen LogP contribution in [0.1, 0.15) is 66.5 Å². The van der Waals surface area contributed by atoms with E-state index in [-0.39, 0.29) is 24.3 Å². The lowest BCUT2D eigenvalue weighted by Crippen LogP contribution is -2.46. The molecular formula is C26H36N2O4. The molecule has 0 saturated carbocycles. The second kappa shape index (κ2) is 9.00. The molecule has 2 aromatic rings. The molecule has 1 fully saturated rings. The molecule has 2 amide bonds. The van der Waals surface area contributed by atoms with Crippen molar-refractivity contribution in [2.24, 2.45) is 0 Å². The van der Waals surface area contributed by atoms with Crippen LogP contribution in [0.5, 0.6) is 0 Å². The maximum absolute atomic E-state index is 13.4. The Labute approximate surface area is 191 Å². The molecule has 0 spiro atoms. The van der Waals surface area contributed by atoms with Gasteiger partial charge >= 0.3 is 12.2 Å². The Balaban J connectivity index is 1.91. The highest BCUT2D eigenvalue weighted by molar-refractivity contribution is 5.86. The van der Waals surface area contributed by atoms with Crippen molar-refractivity contribution in [3.63, 3.8) is 0 Å². The SMILES string of the molecule is C[C@H](c1cccc2ccccc12)N(C(=O)OC(C)(C)C)C1CCN(C(=O)OC(C)(C)C)C1. The van der Waals surface area contributed by atoms with Crippen LogP contribution in [-0.4, -0.2) is 52.3 Å². The zero-order chi connectivity index (χ0) is 23.7. The fourth-order valence-electron chi connectivity index (χ4n) is 4.16. The Kier molecular flexibility index (Phi) is 6.72. The first-order chi connectivity index (χ1) is 14.9. The summed E-state index contributed by atoms with van der Waals surface area (Å²) in [7, 11) is 0. The summed E-state index contributed by atoms with van der Waals surface area (Å²) in [4.78, 5) is 29.5. The summed E-state index contributed by atoms with van der Waals surface area (Å²) in [6.07, 6.45) is -0.0379. The van der Waals surface area contributed by atoms with E-state index in [0.29, 0.717) is 19.5 Å². The van der Waals surface area contributed by atoms with E-state index in [1.54, 1.807) is 9.80 Å². The van der Waals surface area contributed by atoms with Crippen molar-refractivity contribution >= 4 is 23.0 Å². The van der Waals surface area contributed by atoms with Crippen molar-refractivity contribution in [3.8, 4) is 0 Å². The van der Waals surface area contributed by atoms with E-state index in [1.807, 2.05) is 66.7 Å². The van der Waals surface area contributed by atoms with Crippen molar-refractivity contribution in [2.75, 3.05) is 13.1 Å².